The number of carbonyl (C=O) groups is 1. The van der Waals surface area contributed by atoms with Crippen LogP contribution < -0.4 is 11.5 Å². The van der Waals surface area contributed by atoms with E-state index in [1.54, 1.807) is 6.92 Å². The molecule has 2 aliphatic carbocycles. The Balaban J connectivity index is 1.61. The molecule has 154 valence electrons. The van der Waals surface area contributed by atoms with Gasteiger partial charge in [0.05, 0.1) is 16.8 Å². The lowest BCUT2D eigenvalue weighted by atomic mass is 9.74. The summed E-state index contributed by atoms with van der Waals surface area (Å²) < 4.78 is 28.7. The van der Waals surface area contributed by atoms with Crippen molar-refractivity contribution in [3.63, 3.8) is 0 Å². The summed E-state index contributed by atoms with van der Waals surface area (Å²) in [7, 11) is 0. The van der Waals surface area contributed by atoms with Crippen LogP contribution in [0.5, 0.6) is 0 Å². The first kappa shape index (κ1) is 20.3. The second-order valence-corrected chi connectivity index (χ2v) is 9.23. The fourth-order valence-corrected chi connectivity index (χ4v) is 5.69. The third kappa shape index (κ3) is 3.21. The van der Waals surface area contributed by atoms with Crippen molar-refractivity contribution in [2.45, 2.75) is 30.1 Å². The molecule has 4 atom stereocenters. The molecule has 0 aromatic carbocycles. The van der Waals surface area contributed by atoms with Crippen molar-refractivity contribution >= 4 is 28.7 Å². The number of allylic oxidation sites excluding steroid dienone is 4. The summed E-state index contributed by atoms with van der Waals surface area (Å²) >= 11 is 1.14. The Morgan fingerprint density at radius 2 is 2.20 bits per heavy atom. The summed E-state index contributed by atoms with van der Waals surface area (Å²) in [5.41, 5.74) is 11.6. The van der Waals surface area contributed by atoms with Crippen LogP contribution in [0, 0.1) is 23.2 Å². The number of aliphatic imine (C=N–C) groups is 1. The van der Waals surface area contributed by atoms with Gasteiger partial charge in [0.25, 0.3) is 0 Å². The van der Waals surface area contributed by atoms with E-state index in [9.17, 15) is 13.6 Å². The molecule has 1 unspecified atom stereocenters. The number of aromatic nitrogens is 1. The molecule has 30 heavy (non-hydrogen) atoms. The Labute approximate surface area is 176 Å². The number of nitriles is 1. The quantitative estimate of drug-likeness (QED) is 0.765. The summed E-state index contributed by atoms with van der Waals surface area (Å²) in [5, 5.41) is 9.03. The molecule has 1 aliphatic heterocycles. The lowest BCUT2D eigenvalue weighted by molar-refractivity contribution is -0.118. The van der Waals surface area contributed by atoms with Gasteiger partial charge in [-0.05, 0) is 49.6 Å². The first-order chi connectivity index (χ1) is 14.2. The summed E-state index contributed by atoms with van der Waals surface area (Å²) in [6.45, 7) is 1.78. The maximum absolute atomic E-state index is 14.9. The minimum atomic E-state index is -0.957. The maximum atomic E-state index is 14.9. The Morgan fingerprint density at radius 1 is 1.43 bits per heavy atom. The number of nitrogens with zero attached hydrogens (tertiary/aromatic N) is 3. The summed E-state index contributed by atoms with van der Waals surface area (Å²) in [6, 6.07) is 4.81. The van der Waals surface area contributed by atoms with E-state index in [0.717, 1.165) is 11.8 Å². The van der Waals surface area contributed by atoms with Gasteiger partial charge in [-0.1, -0.05) is 17.8 Å². The van der Waals surface area contributed by atoms with Crippen LogP contribution in [0.4, 0.5) is 8.78 Å². The Kier molecular flexibility index (Phi) is 4.77. The highest BCUT2D eigenvalue weighted by Gasteiger charge is 2.71. The minimum absolute atomic E-state index is 0.0824. The fourth-order valence-electron chi connectivity index (χ4n) is 4.34. The number of primary amides is 1. The number of rotatable bonds is 4. The number of amidine groups is 1. The normalized spacial score (nSPS) is 32.9. The molecule has 4 N–H and O–H groups in total. The molecule has 9 heteroatoms. The van der Waals surface area contributed by atoms with Crippen LogP contribution >= 0.6 is 11.8 Å². The van der Waals surface area contributed by atoms with Crippen LogP contribution in [0.15, 0.2) is 53.0 Å². The molecule has 2 heterocycles. The van der Waals surface area contributed by atoms with Crippen molar-refractivity contribution in [3.05, 3.63) is 59.2 Å². The standard InChI is InChI=1S/C21H19F2N5OS/c1-20(17-8-21(17,18(25)29)30-19(26)28-20)13-6-11(2-4-14(13)22)7-15(23)16-5-3-12(9-24)10-27-16/h2-5,7,10,13,17H,6,8H2,1H3,(H2,25,29)(H2,26,28)/b15-7-/t13?,17-,20+,21-/m0/s1. The van der Waals surface area contributed by atoms with Crippen molar-refractivity contribution in [1.29, 1.82) is 5.26 Å². The largest absolute Gasteiger partial charge is 0.378 e. The third-order valence-corrected chi connectivity index (χ3v) is 7.37. The van der Waals surface area contributed by atoms with Gasteiger partial charge in [0.15, 0.2) is 5.17 Å². The van der Waals surface area contributed by atoms with Gasteiger partial charge in [0, 0.05) is 18.0 Å². The van der Waals surface area contributed by atoms with Gasteiger partial charge in [-0.15, -0.1) is 0 Å². The lowest BCUT2D eigenvalue weighted by Gasteiger charge is -2.39. The molecule has 1 fully saturated rings. The lowest BCUT2D eigenvalue weighted by Crippen LogP contribution is -2.47. The highest BCUT2D eigenvalue weighted by Crippen LogP contribution is 2.65. The van der Waals surface area contributed by atoms with Crippen LogP contribution in [0.2, 0.25) is 0 Å². The fraction of sp³-hybridized carbons (Fsp3) is 0.333. The Hall–Kier alpha value is -2.99. The van der Waals surface area contributed by atoms with Crippen LogP contribution in [-0.2, 0) is 4.79 Å². The number of carbonyl (C=O) groups excluding carboxylic acids is 1. The van der Waals surface area contributed by atoms with Crippen molar-refractivity contribution in [1.82, 2.24) is 4.98 Å². The van der Waals surface area contributed by atoms with Gasteiger partial charge in [-0.25, -0.2) is 8.78 Å². The van der Waals surface area contributed by atoms with Gasteiger partial charge < -0.3 is 11.5 Å². The van der Waals surface area contributed by atoms with E-state index in [0.29, 0.717) is 17.6 Å². The topological polar surface area (TPSA) is 118 Å². The second kappa shape index (κ2) is 7.06. The van der Waals surface area contributed by atoms with Gasteiger partial charge >= 0.3 is 0 Å². The van der Waals surface area contributed by atoms with Crippen LogP contribution in [0.25, 0.3) is 5.83 Å². The SMILES string of the molecule is C[C@]1(C2CC(/C=C(\F)c3ccc(C#N)cn3)=CC=C2F)N=C(N)S[C@@]2(C(N)=O)C[C@H]21. The molecule has 6 nitrogen and oxygen atoms in total. The van der Waals surface area contributed by atoms with Crippen molar-refractivity contribution in [2.24, 2.45) is 28.3 Å². The van der Waals surface area contributed by atoms with Crippen molar-refractivity contribution < 1.29 is 13.6 Å². The molecular weight excluding hydrogens is 408 g/mol. The number of fused-ring (bicyclic) bond motifs is 1. The summed E-state index contributed by atoms with van der Waals surface area (Å²) in [5.74, 6) is -2.39. The van der Waals surface area contributed by atoms with E-state index in [2.05, 4.69) is 9.98 Å². The predicted molar refractivity (Wildman–Crippen MR) is 111 cm³/mol. The highest BCUT2D eigenvalue weighted by molar-refractivity contribution is 8.15. The zero-order chi connectivity index (χ0) is 21.7. The third-order valence-electron chi connectivity index (χ3n) is 6.05. The smallest absolute Gasteiger partial charge is 0.234 e. The number of halogens is 2. The van der Waals surface area contributed by atoms with Gasteiger partial charge in [0.2, 0.25) is 5.91 Å². The Morgan fingerprint density at radius 3 is 2.83 bits per heavy atom. The number of nitrogens with two attached hydrogens (primary N) is 2. The average Bonchev–Trinajstić information content (AvgIpc) is 3.46. The molecule has 0 bridgehead atoms. The molecule has 1 aromatic rings. The maximum Gasteiger partial charge on any atom is 0.234 e. The minimum Gasteiger partial charge on any atom is -0.378 e. The molecule has 4 rings (SSSR count). The van der Waals surface area contributed by atoms with Gasteiger partial charge in [-0.3, -0.25) is 14.8 Å². The number of hydrogen-bond donors (Lipinski definition) is 2. The molecule has 1 aromatic heterocycles. The molecule has 3 aliphatic rings. The Bertz CT molecular complexity index is 1090. The van der Waals surface area contributed by atoms with Crippen molar-refractivity contribution in [3.8, 4) is 6.07 Å². The first-order valence-electron chi connectivity index (χ1n) is 9.34. The second-order valence-electron chi connectivity index (χ2n) is 7.87. The average molecular weight is 427 g/mol. The molecular formula is C21H19F2N5OS. The van der Waals surface area contributed by atoms with Crippen molar-refractivity contribution in [2.75, 3.05) is 0 Å². The van der Waals surface area contributed by atoms with E-state index >= 15 is 0 Å². The molecule has 0 spiro atoms. The van der Waals surface area contributed by atoms with Gasteiger partial charge in [0.1, 0.15) is 22.5 Å². The van der Waals surface area contributed by atoms with E-state index in [4.69, 9.17) is 16.7 Å². The predicted octanol–water partition coefficient (Wildman–Crippen LogP) is 3.13. The summed E-state index contributed by atoms with van der Waals surface area (Å²) in [6.07, 6.45) is 6.07. The van der Waals surface area contributed by atoms with Crippen LogP contribution in [-0.4, -0.2) is 26.3 Å². The van der Waals surface area contributed by atoms with E-state index in [1.807, 2.05) is 6.07 Å². The molecule has 1 saturated carbocycles. The van der Waals surface area contributed by atoms with Gasteiger partial charge in [-0.2, -0.15) is 5.26 Å². The first-order valence-corrected chi connectivity index (χ1v) is 10.2. The molecule has 0 saturated heterocycles. The number of amides is 1. The van der Waals surface area contributed by atoms with E-state index < -0.39 is 27.9 Å². The monoisotopic (exact) mass is 427 g/mol. The number of thioether (sulfide) groups is 1. The number of hydrogen-bond acceptors (Lipinski definition) is 6. The zero-order valence-electron chi connectivity index (χ0n) is 16.1. The molecule has 0 radical (unpaired) electrons. The molecule has 1 amide bonds. The van der Waals surface area contributed by atoms with Crippen LogP contribution in [0.1, 0.15) is 31.0 Å². The highest BCUT2D eigenvalue weighted by atomic mass is 32.2. The van der Waals surface area contributed by atoms with E-state index in [1.165, 1.54) is 36.6 Å². The van der Waals surface area contributed by atoms with Crippen LogP contribution in [0.3, 0.4) is 0 Å². The number of pyridine rings is 1. The summed E-state index contributed by atoms with van der Waals surface area (Å²) in [4.78, 5) is 20.5. The van der Waals surface area contributed by atoms with E-state index in [-0.39, 0.29) is 29.0 Å². The zero-order valence-corrected chi connectivity index (χ0v) is 16.9.